The van der Waals surface area contributed by atoms with Gasteiger partial charge in [-0.05, 0) is 89.9 Å². The third-order valence-corrected chi connectivity index (χ3v) is 9.98. The van der Waals surface area contributed by atoms with Crippen LogP contribution < -0.4 is 0 Å². The molecule has 0 aliphatic carbocycles. The average molecular weight is 797 g/mol. The smallest absolute Gasteiger partial charge is 0.306 e. The Hall–Kier alpha value is -2.89. The highest BCUT2D eigenvalue weighted by Gasteiger charge is 2.19. The third kappa shape index (κ3) is 44.1. The molecule has 0 N–H and O–H groups in total. The van der Waals surface area contributed by atoms with Crippen molar-refractivity contribution in [2.24, 2.45) is 0 Å². The molecule has 0 radical (unpaired) electrons. The van der Waals surface area contributed by atoms with Gasteiger partial charge in [0.05, 0.1) is 0 Å². The number of allylic oxidation sites excluding steroid dienone is 10. The lowest BCUT2D eigenvalue weighted by Gasteiger charge is -2.18. The van der Waals surface area contributed by atoms with E-state index in [2.05, 4.69) is 81.5 Å². The maximum Gasteiger partial charge on any atom is 0.306 e. The van der Waals surface area contributed by atoms with Gasteiger partial charge < -0.3 is 14.2 Å². The summed E-state index contributed by atoms with van der Waals surface area (Å²) in [6.45, 7) is 6.41. The third-order valence-electron chi connectivity index (χ3n) is 9.98. The lowest BCUT2D eigenvalue weighted by atomic mass is 10.1. The maximum atomic E-state index is 12.7. The first-order chi connectivity index (χ1) is 28.0. The van der Waals surface area contributed by atoms with Crippen LogP contribution in [0, 0.1) is 0 Å². The van der Waals surface area contributed by atoms with Crippen molar-refractivity contribution in [3.63, 3.8) is 0 Å². The van der Waals surface area contributed by atoms with E-state index < -0.39 is 6.10 Å². The lowest BCUT2D eigenvalue weighted by Crippen LogP contribution is -2.30. The summed E-state index contributed by atoms with van der Waals surface area (Å²) in [7, 11) is 0. The van der Waals surface area contributed by atoms with Crippen molar-refractivity contribution in [1.82, 2.24) is 0 Å². The van der Waals surface area contributed by atoms with Crippen molar-refractivity contribution in [3.05, 3.63) is 60.8 Å². The van der Waals surface area contributed by atoms with Crippen molar-refractivity contribution >= 4 is 17.9 Å². The van der Waals surface area contributed by atoms with Gasteiger partial charge in [-0.2, -0.15) is 0 Å². The molecule has 0 aromatic rings. The number of carbonyl (C=O) groups is 3. The highest BCUT2D eigenvalue weighted by Crippen LogP contribution is 2.14. The minimum Gasteiger partial charge on any atom is -0.462 e. The molecule has 0 bridgehead atoms. The summed E-state index contributed by atoms with van der Waals surface area (Å²) in [5.41, 5.74) is 0. The first-order valence-corrected chi connectivity index (χ1v) is 23.8. The van der Waals surface area contributed by atoms with Crippen molar-refractivity contribution in [2.45, 2.75) is 232 Å². The summed E-state index contributed by atoms with van der Waals surface area (Å²) in [5.74, 6) is -0.943. The minimum absolute atomic E-state index is 0.0891. The van der Waals surface area contributed by atoms with Crippen molar-refractivity contribution in [1.29, 1.82) is 0 Å². The molecule has 0 saturated heterocycles. The van der Waals surface area contributed by atoms with Crippen molar-refractivity contribution < 1.29 is 28.6 Å². The highest BCUT2D eigenvalue weighted by molar-refractivity contribution is 5.71. The Morgan fingerprint density at radius 3 is 1.21 bits per heavy atom. The Morgan fingerprint density at radius 2 is 0.719 bits per heavy atom. The molecular formula is C51H88O6. The molecule has 0 amide bonds. The molecule has 0 heterocycles. The number of hydrogen-bond donors (Lipinski definition) is 0. The van der Waals surface area contributed by atoms with Crippen LogP contribution in [0.2, 0.25) is 0 Å². The van der Waals surface area contributed by atoms with Crippen LogP contribution in [0.3, 0.4) is 0 Å². The van der Waals surface area contributed by atoms with Crippen LogP contribution in [0.25, 0.3) is 0 Å². The first kappa shape index (κ1) is 54.1. The molecule has 0 aliphatic heterocycles. The zero-order chi connectivity index (χ0) is 41.5. The van der Waals surface area contributed by atoms with Gasteiger partial charge in [0.2, 0.25) is 0 Å². The Labute approximate surface area is 351 Å². The second-order valence-corrected chi connectivity index (χ2v) is 15.6. The van der Waals surface area contributed by atoms with E-state index in [4.69, 9.17) is 14.2 Å². The fourth-order valence-corrected chi connectivity index (χ4v) is 6.38. The zero-order valence-electron chi connectivity index (χ0n) is 37.3. The largest absolute Gasteiger partial charge is 0.462 e. The second-order valence-electron chi connectivity index (χ2n) is 15.6. The van der Waals surface area contributed by atoms with Gasteiger partial charge in [0.25, 0.3) is 0 Å². The van der Waals surface area contributed by atoms with E-state index >= 15 is 0 Å². The Bertz CT molecular complexity index is 1050. The van der Waals surface area contributed by atoms with Crippen LogP contribution in [0.15, 0.2) is 60.8 Å². The Balaban J connectivity index is 4.31. The standard InChI is InChI=1S/C51H88O6/c1-4-7-10-13-16-19-21-22-23-24-25-26-27-28-30-32-35-38-41-44-50(53)56-47-48(46-55-49(52)43-40-37-34-31-18-15-12-9-6-3)57-51(54)45-42-39-36-33-29-20-17-14-11-8-5-2/h7,10,14,16-17,19,22-23,31,34,48H,4-6,8-9,11-13,15,18,20-21,24-30,32-33,35-47H2,1-3H3/b10-7-,17-14-,19-16-,23-22-,34-31-. The lowest BCUT2D eigenvalue weighted by molar-refractivity contribution is -0.167. The summed E-state index contributed by atoms with van der Waals surface area (Å²) in [4.78, 5) is 37.7. The van der Waals surface area contributed by atoms with E-state index in [1.165, 1.54) is 96.3 Å². The summed E-state index contributed by atoms with van der Waals surface area (Å²) in [6.07, 6.45) is 55.0. The van der Waals surface area contributed by atoms with Gasteiger partial charge in [0, 0.05) is 19.3 Å². The van der Waals surface area contributed by atoms with E-state index in [0.717, 1.165) is 83.5 Å². The maximum absolute atomic E-state index is 12.7. The van der Waals surface area contributed by atoms with E-state index in [0.29, 0.717) is 25.7 Å². The van der Waals surface area contributed by atoms with Crippen LogP contribution in [0.4, 0.5) is 0 Å². The molecule has 328 valence electrons. The molecular weight excluding hydrogens is 709 g/mol. The molecule has 1 unspecified atom stereocenters. The summed E-state index contributed by atoms with van der Waals surface area (Å²) >= 11 is 0. The predicted molar refractivity (Wildman–Crippen MR) is 242 cm³/mol. The molecule has 6 heteroatoms. The molecule has 0 aromatic carbocycles. The Kier molecular flexibility index (Phi) is 43.5. The van der Waals surface area contributed by atoms with Gasteiger partial charge in [0.1, 0.15) is 13.2 Å². The fraction of sp³-hybridized carbons (Fsp3) is 0.745. The second kappa shape index (κ2) is 45.8. The van der Waals surface area contributed by atoms with Crippen LogP contribution in [-0.4, -0.2) is 37.2 Å². The average Bonchev–Trinajstić information content (AvgIpc) is 3.21. The van der Waals surface area contributed by atoms with Gasteiger partial charge in [-0.25, -0.2) is 0 Å². The van der Waals surface area contributed by atoms with E-state index in [1.807, 2.05) is 0 Å². The van der Waals surface area contributed by atoms with Crippen LogP contribution in [0.5, 0.6) is 0 Å². The molecule has 6 nitrogen and oxygen atoms in total. The van der Waals surface area contributed by atoms with Gasteiger partial charge in [-0.15, -0.1) is 0 Å². The Morgan fingerprint density at radius 1 is 0.368 bits per heavy atom. The highest BCUT2D eigenvalue weighted by atomic mass is 16.6. The van der Waals surface area contributed by atoms with E-state index in [1.54, 1.807) is 0 Å². The van der Waals surface area contributed by atoms with Crippen LogP contribution >= 0.6 is 0 Å². The van der Waals surface area contributed by atoms with Crippen LogP contribution in [-0.2, 0) is 28.6 Å². The fourth-order valence-electron chi connectivity index (χ4n) is 6.38. The van der Waals surface area contributed by atoms with Gasteiger partial charge in [-0.1, -0.05) is 178 Å². The van der Waals surface area contributed by atoms with Gasteiger partial charge in [0.15, 0.2) is 6.10 Å². The first-order valence-electron chi connectivity index (χ1n) is 23.8. The summed E-state index contributed by atoms with van der Waals surface area (Å²) in [6, 6.07) is 0. The number of hydrogen-bond acceptors (Lipinski definition) is 6. The quantitative estimate of drug-likeness (QED) is 0.0265. The van der Waals surface area contributed by atoms with Gasteiger partial charge >= 0.3 is 17.9 Å². The molecule has 0 spiro atoms. The van der Waals surface area contributed by atoms with Crippen LogP contribution in [0.1, 0.15) is 226 Å². The molecule has 0 rings (SSSR count). The summed E-state index contributed by atoms with van der Waals surface area (Å²) in [5, 5.41) is 0. The van der Waals surface area contributed by atoms with Crippen molar-refractivity contribution in [2.75, 3.05) is 13.2 Å². The molecule has 0 fully saturated rings. The molecule has 1 atom stereocenters. The molecule has 0 saturated carbocycles. The summed E-state index contributed by atoms with van der Waals surface area (Å²) < 4.78 is 16.7. The minimum atomic E-state index is -0.788. The number of esters is 3. The number of carbonyl (C=O) groups excluding carboxylic acids is 3. The predicted octanol–water partition coefficient (Wildman–Crippen LogP) is 15.3. The number of unbranched alkanes of at least 4 members (excludes halogenated alkanes) is 21. The van der Waals surface area contributed by atoms with Gasteiger partial charge in [-0.3, -0.25) is 14.4 Å². The zero-order valence-corrected chi connectivity index (χ0v) is 37.3. The SMILES string of the molecule is CC/C=C\C/C=C\C/C=C\CCCCCCCCCCCC(=O)OCC(COC(=O)CCC/C=C\CCCCCC)OC(=O)CCCCCCC/C=C\CCCC. The topological polar surface area (TPSA) is 78.9 Å². The normalized spacial score (nSPS) is 12.5. The molecule has 57 heavy (non-hydrogen) atoms. The molecule has 0 aliphatic rings. The number of ether oxygens (including phenoxy) is 3. The monoisotopic (exact) mass is 797 g/mol. The van der Waals surface area contributed by atoms with E-state index in [9.17, 15) is 14.4 Å². The van der Waals surface area contributed by atoms with E-state index in [-0.39, 0.29) is 31.1 Å². The number of rotatable bonds is 42. The van der Waals surface area contributed by atoms with Crippen molar-refractivity contribution in [3.8, 4) is 0 Å². The molecule has 0 aromatic heterocycles.